The van der Waals surface area contributed by atoms with Crippen LogP contribution in [0.4, 0.5) is 0 Å². The molecule has 0 aliphatic carbocycles. The summed E-state index contributed by atoms with van der Waals surface area (Å²) in [6, 6.07) is 0. The SMILES string of the molecule is O=P[n+]1cc[nH]c1. The van der Waals surface area contributed by atoms with E-state index in [2.05, 4.69) is 4.98 Å². The average Bonchev–Trinajstić information content (AvgIpc) is 2.14. The first kappa shape index (κ1) is 4.47. The molecule has 0 fully saturated rings. The summed E-state index contributed by atoms with van der Waals surface area (Å²) in [4.78, 5) is 2.74. The van der Waals surface area contributed by atoms with Crippen LogP contribution in [0.25, 0.3) is 0 Å². The minimum atomic E-state index is 0.000386. The second kappa shape index (κ2) is 1.85. The highest BCUT2D eigenvalue weighted by atomic mass is 31.1. The van der Waals surface area contributed by atoms with Gasteiger partial charge in [-0.25, -0.2) is 9.55 Å². The Morgan fingerprint density at radius 2 is 2.57 bits per heavy atom. The number of aromatic amines is 1. The minimum absolute atomic E-state index is 0.000386. The zero-order valence-corrected chi connectivity index (χ0v) is 4.43. The van der Waals surface area contributed by atoms with E-state index in [1.807, 2.05) is 0 Å². The molecule has 4 heteroatoms. The Labute approximate surface area is 42.2 Å². The molecular formula is C3H4N2OP+. The molecule has 1 rings (SSSR count). The van der Waals surface area contributed by atoms with E-state index in [0.29, 0.717) is 0 Å². The molecule has 1 heterocycles. The predicted molar refractivity (Wildman–Crippen MR) is 24.0 cm³/mol. The first-order valence-electron chi connectivity index (χ1n) is 1.81. The van der Waals surface area contributed by atoms with E-state index in [0.717, 1.165) is 0 Å². The fourth-order valence-electron chi connectivity index (χ4n) is 0.333. The molecule has 0 aromatic carbocycles. The van der Waals surface area contributed by atoms with Gasteiger partial charge in [-0.3, -0.25) is 0 Å². The van der Waals surface area contributed by atoms with E-state index >= 15 is 0 Å². The number of hydrogen-bond acceptors (Lipinski definition) is 1. The van der Waals surface area contributed by atoms with Crippen LogP contribution >= 0.6 is 8.61 Å². The van der Waals surface area contributed by atoms with Gasteiger partial charge in [0.25, 0.3) is 6.33 Å². The number of imidazole rings is 1. The molecule has 0 unspecified atom stereocenters. The quantitative estimate of drug-likeness (QED) is 0.527. The molecule has 0 aliphatic rings. The number of aromatic nitrogens is 2. The molecule has 0 radical (unpaired) electrons. The fraction of sp³-hybridized carbons (Fsp3) is 0. The van der Waals surface area contributed by atoms with E-state index in [1.165, 1.54) is 4.34 Å². The Hall–Kier alpha value is -0.690. The standard InChI is InChI=1S/C3H3N2OP/c6-7-5-2-1-4-3-5/h1-3H/p+1. The van der Waals surface area contributed by atoms with E-state index in [4.69, 9.17) is 0 Å². The topological polar surface area (TPSA) is 36.7 Å². The first-order chi connectivity index (χ1) is 3.43. The summed E-state index contributed by atoms with van der Waals surface area (Å²) in [5.74, 6) is 0. The van der Waals surface area contributed by atoms with Gasteiger partial charge in [0.1, 0.15) is 12.4 Å². The van der Waals surface area contributed by atoms with Gasteiger partial charge in [0, 0.05) is 0 Å². The van der Waals surface area contributed by atoms with Gasteiger partial charge in [-0.05, 0) is 0 Å². The van der Waals surface area contributed by atoms with Crippen molar-refractivity contribution >= 4 is 8.61 Å². The molecule has 0 spiro atoms. The highest BCUT2D eigenvalue weighted by Crippen LogP contribution is 1.78. The maximum atomic E-state index is 9.91. The lowest BCUT2D eigenvalue weighted by Gasteiger charge is -1.62. The van der Waals surface area contributed by atoms with Crippen LogP contribution in [0.15, 0.2) is 18.7 Å². The fourth-order valence-corrected chi connectivity index (χ4v) is 0.568. The summed E-state index contributed by atoms with van der Waals surface area (Å²) in [6.45, 7) is 0. The van der Waals surface area contributed by atoms with Gasteiger partial charge in [-0.1, -0.05) is 0 Å². The Bertz CT molecular complexity index is 148. The molecule has 0 bridgehead atoms. The van der Waals surface area contributed by atoms with E-state index in [9.17, 15) is 4.57 Å². The first-order valence-corrected chi connectivity index (χ1v) is 2.57. The Balaban J connectivity index is 2.96. The van der Waals surface area contributed by atoms with Crippen molar-refractivity contribution in [3.05, 3.63) is 18.7 Å². The van der Waals surface area contributed by atoms with Crippen LogP contribution < -0.4 is 4.34 Å². The second-order valence-electron chi connectivity index (χ2n) is 1.07. The molecule has 1 N–H and O–H groups in total. The Kier molecular flexibility index (Phi) is 1.18. The van der Waals surface area contributed by atoms with Crippen molar-refractivity contribution in [2.75, 3.05) is 0 Å². The largest absolute Gasteiger partial charge is 0.402 e. The van der Waals surface area contributed by atoms with E-state index < -0.39 is 0 Å². The Morgan fingerprint density at radius 3 is 2.86 bits per heavy atom. The third-order valence-corrected chi connectivity index (χ3v) is 1.06. The molecule has 0 amide bonds. The number of H-pyrrole nitrogens is 1. The van der Waals surface area contributed by atoms with Crippen LogP contribution in [-0.2, 0) is 4.57 Å². The maximum Gasteiger partial charge on any atom is 0.402 e. The molecule has 7 heavy (non-hydrogen) atoms. The van der Waals surface area contributed by atoms with Gasteiger partial charge in [0.05, 0.1) is 0 Å². The molecule has 36 valence electrons. The lowest BCUT2D eigenvalue weighted by atomic mass is 11.0. The number of nitrogens with zero attached hydrogens (tertiary/aromatic N) is 1. The van der Waals surface area contributed by atoms with E-state index in [1.54, 1.807) is 18.7 Å². The van der Waals surface area contributed by atoms with Crippen LogP contribution in [0.3, 0.4) is 0 Å². The van der Waals surface area contributed by atoms with Crippen LogP contribution in [0.1, 0.15) is 0 Å². The van der Waals surface area contributed by atoms with Crippen molar-refractivity contribution in [2.45, 2.75) is 0 Å². The van der Waals surface area contributed by atoms with Gasteiger partial charge in [-0.15, -0.1) is 0 Å². The Morgan fingerprint density at radius 1 is 1.71 bits per heavy atom. The van der Waals surface area contributed by atoms with Gasteiger partial charge >= 0.3 is 8.61 Å². The van der Waals surface area contributed by atoms with Crippen LogP contribution in [0, 0.1) is 0 Å². The molecule has 1 aromatic heterocycles. The number of nitrogens with one attached hydrogen (secondary N) is 1. The third-order valence-electron chi connectivity index (χ3n) is 0.625. The monoisotopic (exact) mass is 115 g/mol. The number of rotatable bonds is 1. The van der Waals surface area contributed by atoms with Crippen LogP contribution in [0.2, 0.25) is 0 Å². The molecule has 1 aromatic rings. The van der Waals surface area contributed by atoms with Gasteiger partial charge in [0.2, 0.25) is 0 Å². The lowest BCUT2D eigenvalue weighted by molar-refractivity contribution is -0.504. The molecule has 0 saturated carbocycles. The summed E-state index contributed by atoms with van der Waals surface area (Å²) in [5.41, 5.74) is 0. The average molecular weight is 115 g/mol. The van der Waals surface area contributed by atoms with Crippen molar-refractivity contribution in [1.29, 1.82) is 0 Å². The van der Waals surface area contributed by atoms with Crippen LogP contribution in [-0.4, -0.2) is 4.98 Å². The summed E-state index contributed by atoms with van der Waals surface area (Å²) in [5, 5.41) is 0. The zero-order valence-electron chi connectivity index (χ0n) is 3.53. The second-order valence-corrected chi connectivity index (χ2v) is 1.70. The van der Waals surface area contributed by atoms with Crippen molar-refractivity contribution in [3.63, 3.8) is 0 Å². The molecule has 0 atom stereocenters. The predicted octanol–water partition coefficient (Wildman–Crippen LogP) is 0.357. The van der Waals surface area contributed by atoms with Gasteiger partial charge in [0.15, 0.2) is 0 Å². The highest BCUT2D eigenvalue weighted by molar-refractivity contribution is 7.15. The molecule has 3 nitrogen and oxygen atoms in total. The van der Waals surface area contributed by atoms with Gasteiger partial charge < -0.3 is 0 Å². The minimum Gasteiger partial charge on any atom is -0.250 e. The van der Waals surface area contributed by atoms with Crippen molar-refractivity contribution in [3.8, 4) is 0 Å². The normalized spacial score (nSPS) is 9.71. The van der Waals surface area contributed by atoms with Gasteiger partial charge in [-0.2, -0.15) is 4.34 Å². The van der Waals surface area contributed by atoms with Crippen molar-refractivity contribution in [2.24, 2.45) is 0 Å². The summed E-state index contributed by atoms with van der Waals surface area (Å²) < 4.78 is 11.4. The molecular weight excluding hydrogens is 111 g/mol. The number of hydrogen-bond donors (Lipinski definition) is 1. The molecule has 0 aliphatic heterocycles. The maximum absolute atomic E-state index is 9.91. The highest BCUT2D eigenvalue weighted by Gasteiger charge is 1.88. The summed E-state index contributed by atoms with van der Waals surface area (Å²) in [6.07, 6.45) is 4.98. The van der Waals surface area contributed by atoms with E-state index in [-0.39, 0.29) is 8.61 Å². The lowest BCUT2D eigenvalue weighted by Crippen LogP contribution is -2.13. The van der Waals surface area contributed by atoms with Crippen molar-refractivity contribution in [1.82, 2.24) is 4.98 Å². The summed E-state index contributed by atoms with van der Waals surface area (Å²) in [7, 11) is 0.000386. The smallest absolute Gasteiger partial charge is 0.250 e. The molecule has 0 saturated heterocycles. The summed E-state index contributed by atoms with van der Waals surface area (Å²) >= 11 is 0. The van der Waals surface area contributed by atoms with Crippen LogP contribution in [0.5, 0.6) is 0 Å². The zero-order chi connectivity index (χ0) is 5.11. The third kappa shape index (κ3) is 0.842. The van der Waals surface area contributed by atoms with Crippen molar-refractivity contribution < 1.29 is 8.90 Å².